The lowest BCUT2D eigenvalue weighted by molar-refractivity contribution is -0.116. The summed E-state index contributed by atoms with van der Waals surface area (Å²) in [5.74, 6) is 0.0240. The lowest BCUT2D eigenvalue weighted by atomic mass is 10.1. The van der Waals surface area contributed by atoms with Gasteiger partial charge in [0.05, 0.1) is 12.7 Å². The number of ether oxygens (including phenoxy) is 2. The van der Waals surface area contributed by atoms with Crippen molar-refractivity contribution in [1.82, 2.24) is 0 Å². The molecular formula is C15H20BrNO3. The van der Waals surface area contributed by atoms with Crippen molar-refractivity contribution in [1.29, 1.82) is 0 Å². The summed E-state index contributed by atoms with van der Waals surface area (Å²) in [6, 6.07) is 5.73. The molecule has 1 aromatic rings. The molecule has 4 nitrogen and oxygen atoms in total. The van der Waals surface area contributed by atoms with Crippen LogP contribution in [0, 0.1) is 0 Å². The molecule has 0 aromatic heterocycles. The first-order valence-electron chi connectivity index (χ1n) is 6.88. The number of methoxy groups -OCH3 is 1. The second-order valence-electron chi connectivity index (χ2n) is 4.92. The van der Waals surface area contributed by atoms with Gasteiger partial charge in [-0.05, 0) is 31.4 Å². The first kappa shape index (κ1) is 15.5. The number of amides is 1. The first-order chi connectivity index (χ1) is 9.70. The smallest absolute Gasteiger partial charge is 0.224 e. The van der Waals surface area contributed by atoms with Crippen LogP contribution < -0.4 is 5.32 Å². The second-order valence-corrected chi connectivity index (χ2v) is 5.78. The van der Waals surface area contributed by atoms with Crippen LogP contribution in [0.4, 0.5) is 5.69 Å². The van der Waals surface area contributed by atoms with Gasteiger partial charge in [-0.1, -0.05) is 22.0 Å². The van der Waals surface area contributed by atoms with Crippen LogP contribution >= 0.6 is 15.9 Å². The van der Waals surface area contributed by atoms with Crippen LogP contribution in [0.2, 0.25) is 0 Å². The van der Waals surface area contributed by atoms with Gasteiger partial charge >= 0.3 is 0 Å². The topological polar surface area (TPSA) is 47.6 Å². The van der Waals surface area contributed by atoms with Crippen molar-refractivity contribution in [3.63, 3.8) is 0 Å². The Morgan fingerprint density at radius 3 is 3.10 bits per heavy atom. The lowest BCUT2D eigenvalue weighted by Crippen LogP contribution is -2.16. The molecule has 1 amide bonds. The normalized spacial score (nSPS) is 18.2. The van der Waals surface area contributed by atoms with Gasteiger partial charge in [0.1, 0.15) is 0 Å². The third-order valence-electron chi connectivity index (χ3n) is 3.40. The van der Waals surface area contributed by atoms with Gasteiger partial charge in [-0.25, -0.2) is 0 Å². The zero-order valence-corrected chi connectivity index (χ0v) is 13.2. The van der Waals surface area contributed by atoms with Crippen LogP contribution in [0.15, 0.2) is 22.7 Å². The Labute approximate surface area is 128 Å². The molecule has 1 fully saturated rings. The number of hydrogen-bond donors (Lipinski definition) is 1. The molecule has 1 N–H and O–H groups in total. The van der Waals surface area contributed by atoms with Crippen LogP contribution in [0.25, 0.3) is 0 Å². The van der Waals surface area contributed by atoms with Crippen LogP contribution in [-0.2, 0) is 20.9 Å². The maximum atomic E-state index is 12.0. The highest BCUT2D eigenvalue weighted by atomic mass is 79.9. The molecule has 0 saturated carbocycles. The molecule has 1 aliphatic heterocycles. The Kier molecular flexibility index (Phi) is 6.01. The molecular weight excluding hydrogens is 322 g/mol. The SMILES string of the molecule is COCc1c(Br)cccc1NC(=O)CCC1CCCO1. The molecule has 1 atom stereocenters. The number of nitrogens with one attached hydrogen (secondary N) is 1. The lowest BCUT2D eigenvalue weighted by Gasteiger charge is -2.13. The third-order valence-corrected chi connectivity index (χ3v) is 4.14. The van der Waals surface area contributed by atoms with Crippen LogP contribution in [0.1, 0.15) is 31.2 Å². The molecule has 0 aliphatic carbocycles. The Hall–Kier alpha value is -0.910. The van der Waals surface area contributed by atoms with Crippen LogP contribution in [0.5, 0.6) is 0 Å². The number of carbonyl (C=O) groups is 1. The van der Waals surface area contributed by atoms with Gasteiger partial charge in [0.2, 0.25) is 5.91 Å². The fraction of sp³-hybridized carbons (Fsp3) is 0.533. The number of carbonyl (C=O) groups excluding carboxylic acids is 1. The zero-order valence-electron chi connectivity index (χ0n) is 11.7. The highest BCUT2D eigenvalue weighted by Crippen LogP contribution is 2.26. The van der Waals surface area contributed by atoms with Gasteiger partial charge in [-0.2, -0.15) is 0 Å². The van der Waals surface area contributed by atoms with Crippen molar-refractivity contribution in [2.24, 2.45) is 0 Å². The minimum atomic E-state index is 0.0240. The van der Waals surface area contributed by atoms with E-state index in [2.05, 4.69) is 21.2 Å². The van der Waals surface area contributed by atoms with E-state index in [0.717, 1.165) is 41.6 Å². The third kappa shape index (κ3) is 4.30. The molecule has 2 rings (SSSR count). The summed E-state index contributed by atoms with van der Waals surface area (Å²) in [7, 11) is 1.64. The fourth-order valence-corrected chi connectivity index (χ4v) is 2.82. The van der Waals surface area contributed by atoms with E-state index < -0.39 is 0 Å². The van der Waals surface area contributed by atoms with Crippen molar-refractivity contribution in [2.75, 3.05) is 19.0 Å². The molecule has 1 unspecified atom stereocenters. The maximum Gasteiger partial charge on any atom is 0.224 e. The predicted octanol–water partition coefficient (Wildman–Crippen LogP) is 3.49. The van der Waals surface area contributed by atoms with Gasteiger partial charge in [0.15, 0.2) is 0 Å². The van der Waals surface area contributed by atoms with Crippen LogP contribution in [0.3, 0.4) is 0 Å². The van der Waals surface area contributed by atoms with Crippen molar-refractivity contribution in [3.8, 4) is 0 Å². The van der Waals surface area contributed by atoms with Gasteiger partial charge in [-0.3, -0.25) is 4.79 Å². The summed E-state index contributed by atoms with van der Waals surface area (Å²) in [5, 5.41) is 2.96. The number of benzene rings is 1. The number of hydrogen-bond acceptors (Lipinski definition) is 3. The summed E-state index contributed by atoms with van der Waals surface area (Å²) in [4.78, 5) is 12.0. The predicted molar refractivity (Wildman–Crippen MR) is 81.7 cm³/mol. The minimum Gasteiger partial charge on any atom is -0.380 e. The average molecular weight is 342 g/mol. The van der Waals surface area contributed by atoms with Crippen molar-refractivity contribution < 1.29 is 14.3 Å². The van der Waals surface area contributed by atoms with E-state index in [9.17, 15) is 4.79 Å². The van der Waals surface area contributed by atoms with Crippen molar-refractivity contribution in [3.05, 3.63) is 28.2 Å². The van der Waals surface area contributed by atoms with Gasteiger partial charge < -0.3 is 14.8 Å². The Morgan fingerprint density at radius 2 is 2.40 bits per heavy atom. The number of rotatable bonds is 6. The largest absolute Gasteiger partial charge is 0.380 e. The van der Waals surface area contributed by atoms with E-state index in [1.54, 1.807) is 7.11 Å². The zero-order chi connectivity index (χ0) is 14.4. The van der Waals surface area contributed by atoms with E-state index in [1.807, 2.05) is 18.2 Å². The monoisotopic (exact) mass is 341 g/mol. The summed E-state index contributed by atoms with van der Waals surface area (Å²) >= 11 is 3.48. The Bertz CT molecular complexity index is 458. The van der Waals surface area contributed by atoms with Gasteiger partial charge in [0, 0.05) is 35.9 Å². The van der Waals surface area contributed by atoms with Crippen LogP contribution in [-0.4, -0.2) is 25.7 Å². The van der Waals surface area contributed by atoms with E-state index in [0.29, 0.717) is 13.0 Å². The van der Waals surface area contributed by atoms with Gasteiger partial charge in [-0.15, -0.1) is 0 Å². The van der Waals surface area contributed by atoms with E-state index in [1.165, 1.54) is 0 Å². The van der Waals surface area contributed by atoms with Crippen molar-refractivity contribution >= 4 is 27.5 Å². The molecule has 110 valence electrons. The summed E-state index contributed by atoms with van der Waals surface area (Å²) in [5.41, 5.74) is 1.76. The standard InChI is InChI=1S/C15H20BrNO3/c1-19-10-12-13(16)5-2-6-14(12)17-15(18)8-7-11-4-3-9-20-11/h2,5-6,11H,3-4,7-10H2,1H3,(H,17,18). The number of halogens is 1. The molecule has 0 radical (unpaired) electrons. The average Bonchev–Trinajstić information content (AvgIpc) is 2.94. The summed E-state index contributed by atoms with van der Waals surface area (Å²) in [6.45, 7) is 1.29. The molecule has 0 spiro atoms. The van der Waals surface area contributed by atoms with Gasteiger partial charge in [0.25, 0.3) is 0 Å². The van der Waals surface area contributed by atoms with E-state index >= 15 is 0 Å². The first-order valence-corrected chi connectivity index (χ1v) is 7.68. The Balaban J connectivity index is 1.91. The maximum absolute atomic E-state index is 12.0. The number of anilines is 1. The highest BCUT2D eigenvalue weighted by molar-refractivity contribution is 9.10. The second kappa shape index (κ2) is 7.76. The van der Waals surface area contributed by atoms with Crippen molar-refractivity contribution in [2.45, 2.75) is 38.4 Å². The van der Waals surface area contributed by atoms with E-state index in [4.69, 9.17) is 9.47 Å². The molecule has 1 aliphatic rings. The minimum absolute atomic E-state index is 0.0240. The molecule has 20 heavy (non-hydrogen) atoms. The summed E-state index contributed by atoms with van der Waals surface area (Å²) < 4.78 is 11.6. The fourth-order valence-electron chi connectivity index (χ4n) is 2.34. The molecule has 5 heteroatoms. The van der Waals surface area contributed by atoms with E-state index in [-0.39, 0.29) is 12.0 Å². The highest BCUT2D eigenvalue weighted by Gasteiger charge is 2.17. The molecule has 1 heterocycles. The Morgan fingerprint density at radius 1 is 1.55 bits per heavy atom. The summed E-state index contributed by atoms with van der Waals surface area (Å²) in [6.07, 6.45) is 3.71. The quantitative estimate of drug-likeness (QED) is 0.861. The molecule has 1 aromatic carbocycles. The molecule has 1 saturated heterocycles. The molecule has 0 bridgehead atoms.